The minimum Gasteiger partial charge on any atom is -0.366 e. The molecule has 0 aliphatic heterocycles. The molecule has 160 valence electrons. The largest absolute Gasteiger partial charge is 0.366 e. The van der Waals surface area contributed by atoms with Gasteiger partial charge in [-0.25, -0.2) is 9.37 Å². The molecule has 1 atom stereocenters. The molecule has 0 saturated heterocycles. The third-order valence-corrected chi connectivity index (χ3v) is 6.86. The highest BCUT2D eigenvalue weighted by atomic mass is 35.5. The Morgan fingerprint density at radius 2 is 2.03 bits per heavy atom. The number of thiazole rings is 1. The van der Waals surface area contributed by atoms with Crippen molar-refractivity contribution in [3.8, 4) is 0 Å². The lowest BCUT2D eigenvalue weighted by Gasteiger charge is -2.30. The van der Waals surface area contributed by atoms with Gasteiger partial charge in [0.2, 0.25) is 5.91 Å². The summed E-state index contributed by atoms with van der Waals surface area (Å²) >= 11 is 7.46. The first-order valence-corrected chi connectivity index (χ1v) is 11.1. The summed E-state index contributed by atoms with van der Waals surface area (Å²) in [4.78, 5) is 32.2. The Bertz CT molecular complexity index is 1190. The molecule has 8 heteroatoms. The summed E-state index contributed by atoms with van der Waals surface area (Å²) in [6, 6.07) is 9.59. The number of nitrogens with zero attached hydrogens (tertiary/aromatic N) is 2. The molecule has 0 fully saturated rings. The highest BCUT2D eigenvalue weighted by molar-refractivity contribution is 7.13. The number of carbonyl (C=O) groups excluding carboxylic acids is 2. The Balaban J connectivity index is 1.81. The van der Waals surface area contributed by atoms with E-state index in [-0.39, 0.29) is 29.3 Å². The molecule has 1 aromatic heterocycles. The Kier molecular flexibility index (Phi) is 5.81. The van der Waals surface area contributed by atoms with Crippen LogP contribution in [0.5, 0.6) is 0 Å². The van der Waals surface area contributed by atoms with Crippen molar-refractivity contribution in [2.45, 2.75) is 39.3 Å². The van der Waals surface area contributed by atoms with E-state index in [2.05, 4.69) is 4.98 Å². The standard InChI is InChI=1S/C23H21ClFN3O2S/c1-12-21(31-13(2)27-12)23(30)28(11-14-5-3-4-6-16(14)22(26)29)20-8-7-17-18(20)9-15(24)10-19(17)25/h3-6,9-10,20H,7-8,11H2,1-2H3,(H2,26,29)/t20-/m1/s1. The molecule has 0 bridgehead atoms. The van der Waals surface area contributed by atoms with Gasteiger partial charge in [-0.1, -0.05) is 29.8 Å². The molecule has 0 unspecified atom stereocenters. The molecule has 0 spiro atoms. The Hall–Kier alpha value is -2.77. The van der Waals surface area contributed by atoms with E-state index in [0.29, 0.717) is 45.7 Å². The molecule has 4 rings (SSSR count). The summed E-state index contributed by atoms with van der Waals surface area (Å²) in [5.74, 6) is -1.13. The van der Waals surface area contributed by atoms with E-state index < -0.39 is 5.91 Å². The van der Waals surface area contributed by atoms with Crippen molar-refractivity contribution in [1.29, 1.82) is 0 Å². The van der Waals surface area contributed by atoms with Gasteiger partial charge in [-0.15, -0.1) is 11.3 Å². The molecule has 2 N–H and O–H groups in total. The summed E-state index contributed by atoms with van der Waals surface area (Å²) < 4.78 is 14.5. The average Bonchev–Trinajstić information content (AvgIpc) is 3.28. The lowest BCUT2D eigenvalue weighted by molar-refractivity contribution is 0.0660. The summed E-state index contributed by atoms with van der Waals surface area (Å²) in [5.41, 5.74) is 8.48. The number of hydrogen-bond donors (Lipinski definition) is 1. The number of primary amides is 1. The fourth-order valence-corrected chi connectivity index (χ4v) is 5.30. The highest BCUT2D eigenvalue weighted by Gasteiger charge is 2.35. The van der Waals surface area contributed by atoms with E-state index in [0.717, 1.165) is 5.01 Å². The molecule has 1 heterocycles. The van der Waals surface area contributed by atoms with Crippen LogP contribution in [0.25, 0.3) is 0 Å². The summed E-state index contributed by atoms with van der Waals surface area (Å²) in [6.45, 7) is 3.80. The fraction of sp³-hybridized carbons (Fsp3) is 0.261. The number of aryl methyl sites for hydroxylation is 2. The normalized spacial score (nSPS) is 15.0. The Labute approximate surface area is 188 Å². The van der Waals surface area contributed by atoms with Gasteiger partial charge in [-0.2, -0.15) is 0 Å². The summed E-state index contributed by atoms with van der Waals surface area (Å²) in [6.07, 6.45) is 1.07. The van der Waals surface area contributed by atoms with Crippen LogP contribution in [-0.2, 0) is 13.0 Å². The molecule has 3 aromatic rings. The molecule has 2 aromatic carbocycles. The van der Waals surface area contributed by atoms with Crippen LogP contribution in [0.1, 0.15) is 59.9 Å². The van der Waals surface area contributed by atoms with Crippen LogP contribution in [0, 0.1) is 19.7 Å². The van der Waals surface area contributed by atoms with E-state index >= 15 is 0 Å². The van der Waals surface area contributed by atoms with Crippen molar-refractivity contribution in [2.75, 3.05) is 0 Å². The zero-order valence-electron chi connectivity index (χ0n) is 17.1. The second-order valence-corrected chi connectivity index (χ2v) is 9.25. The second-order valence-electron chi connectivity index (χ2n) is 7.61. The van der Waals surface area contributed by atoms with Gasteiger partial charge in [-0.3, -0.25) is 9.59 Å². The molecular weight excluding hydrogens is 437 g/mol. The zero-order valence-corrected chi connectivity index (χ0v) is 18.7. The third-order valence-electron chi connectivity index (χ3n) is 5.58. The van der Waals surface area contributed by atoms with E-state index in [9.17, 15) is 14.0 Å². The number of benzene rings is 2. The maximum absolute atomic E-state index is 14.5. The number of aromatic nitrogens is 1. The first kappa shape index (κ1) is 21.5. The van der Waals surface area contributed by atoms with Crippen LogP contribution in [0.15, 0.2) is 36.4 Å². The number of amides is 2. The maximum Gasteiger partial charge on any atom is 0.266 e. The van der Waals surface area contributed by atoms with Gasteiger partial charge < -0.3 is 10.6 Å². The number of hydrogen-bond acceptors (Lipinski definition) is 4. The lowest BCUT2D eigenvalue weighted by atomic mass is 10.0. The Morgan fingerprint density at radius 1 is 1.29 bits per heavy atom. The number of fused-ring (bicyclic) bond motifs is 1. The molecule has 1 aliphatic carbocycles. The second kappa shape index (κ2) is 8.40. The van der Waals surface area contributed by atoms with E-state index in [1.165, 1.54) is 17.4 Å². The monoisotopic (exact) mass is 457 g/mol. The average molecular weight is 458 g/mol. The predicted octanol–water partition coefficient (Wildman–Crippen LogP) is 4.98. The minimum absolute atomic E-state index is 0.159. The van der Waals surface area contributed by atoms with E-state index in [1.807, 2.05) is 6.92 Å². The van der Waals surface area contributed by atoms with E-state index in [1.54, 1.807) is 42.2 Å². The number of halogens is 2. The van der Waals surface area contributed by atoms with Gasteiger partial charge in [-0.05, 0) is 61.6 Å². The minimum atomic E-state index is -0.561. The van der Waals surface area contributed by atoms with Crippen LogP contribution >= 0.6 is 22.9 Å². The van der Waals surface area contributed by atoms with Gasteiger partial charge in [0.05, 0.1) is 16.7 Å². The molecular formula is C23H21ClFN3O2S. The van der Waals surface area contributed by atoms with Gasteiger partial charge in [0.1, 0.15) is 10.7 Å². The number of nitrogens with two attached hydrogens (primary N) is 1. The maximum atomic E-state index is 14.5. The van der Waals surface area contributed by atoms with E-state index in [4.69, 9.17) is 17.3 Å². The summed E-state index contributed by atoms with van der Waals surface area (Å²) in [7, 11) is 0. The topological polar surface area (TPSA) is 76.3 Å². The molecule has 0 saturated carbocycles. The van der Waals surface area contributed by atoms with Gasteiger partial charge in [0.25, 0.3) is 5.91 Å². The fourth-order valence-electron chi connectivity index (χ4n) is 4.21. The van der Waals surface area contributed by atoms with Gasteiger partial charge in [0.15, 0.2) is 0 Å². The molecule has 2 amide bonds. The number of carbonyl (C=O) groups is 2. The van der Waals surface area contributed by atoms with Crippen LogP contribution in [0.2, 0.25) is 5.02 Å². The van der Waals surface area contributed by atoms with Crippen molar-refractivity contribution in [1.82, 2.24) is 9.88 Å². The van der Waals surface area contributed by atoms with Crippen LogP contribution in [-0.4, -0.2) is 21.7 Å². The highest BCUT2D eigenvalue weighted by Crippen LogP contribution is 2.40. The Morgan fingerprint density at radius 3 is 2.71 bits per heavy atom. The van der Waals surface area contributed by atoms with Crippen LogP contribution < -0.4 is 5.73 Å². The molecule has 31 heavy (non-hydrogen) atoms. The van der Waals surface area contributed by atoms with Crippen LogP contribution in [0.4, 0.5) is 4.39 Å². The van der Waals surface area contributed by atoms with Crippen molar-refractivity contribution in [2.24, 2.45) is 5.73 Å². The first-order chi connectivity index (χ1) is 14.8. The smallest absolute Gasteiger partial charge is 0.266 e. The third kappa shape index (κ3) is 4.07. The molecule has 1 aliphatic rings. The van der Waals surface area contributed by atoms with Crippen molar-refractivity contribution < 1.29 is 14.0 Å². The van der Waals surface area contributed by atoms with Gasteiger partial charge >= 0.3 is 0 Å². The van der Waals surface area contributed by atoms with Crippen LogP contribution in [0.3, 0.4) is 0 Å². The quantitative estimate of drug-likeness (QED) is 0.587. The SMILES string of the molecule is Cc1nc(C)c(C(=O)N(Cc2ccccc2C(N)=O)[C@@H]2CCc3c(F)cc(Cl)cc32)s1. The first-order valence-electron chi connectivity index (χ1n) is 9.86. The van der Waals surface area contributed by atoms with Crippen molar-refractivity contribution in [3.05, 3.63) is 85.1 Å². The van der Waals surface area contributed by atoms with Crippen molar-refractivity contribution >= 4 is 34.8 Å². The summed E-state index contributed by atoms with van der Waals surface area (Å²) in [5, 5.41) is 1.08. The number of rotatable bonds is 5. The molecule has 5 nitrogen and oxygen atoms in total. The molecule has 0 radical (unpaired) electrons. The lowest BCUT2D eigenvalue weighted by Crippen LogP contribution is -2.34. The van der Waals surface area contributed by atoms with Crippen molar-refractivity contribution in [3.63, 3.8) is 0 Å². The van der Waals surface area contributed by atoms with Gasteiger partial charge in [0, 0.05) is 17.1 Å². The predicted molar refractivity (Wildman–Crippen MR) is 119 cm³/mol. The zero-order chi connectivity index (χ0) is 22.3.